The molecule has 4 unspecified atom stereocenters. The molecule has 0 aromatic rings. The van der Waals surface area contributed by atoms with Gasteiger partial charge in [-0.2, -0.15) is 0 Å². The zero-order valence-corrected chi connectivity index (χ0v) is 13.5. The van der Waals surface area contributed by atoms with E-state index in [9.17, 15) is 0 Å². The van der Waals surface area contributed by atoms with Crippen molar-refractivity contribution in [2.45, 2.75) is 82.7 Å². The van der Waals surface area contributed by atoms with E-state index in [0.29, 0.717) is 24.4 Å². The van der Waals surface area contributed by atoms with Crippen LogP contribution in [0.4, 0.5) is 0 Å². The average Bonchev–Trinajstić information content (AvgIpc) is 2.81. The number of allylic oxidation sites excluding steroid dienone is 1. The van der Waals surface area contributed by atoms with E-state index in [1.165, 1.54) is 32.1 Å². The molecule has 0 radical (unpaired) electrons. The summed E-state index contributed by atoms with van der Waals surface area (Å²) in [5, 5.41) is 0. The molecule has 4 heteroatoms. The van der Waals surface area contributed by atoms with Crippen molar-refractivity contribution in [1.29, 1.82) is 0 Å². The molecule has 2 aliphatic heterocycles. The summed E-state index contributed by atoms with van der Waals surface area (Å²) in [6.45, 7) is 2.67. The smallest absolute Gasteiger partial charge is 0.135 e. The lowest BCUT2D eigenvalue weighted by Gasteiger charge is -2.34. The summed E-state index contributed by atoms with van der Waals surface area (Å²) in [4.78, 5) is 0. The van der Waals surface area contributed by atoms with E-state index in [-0.39, 0.29) is 0 Å². The Morgan fingerprint density at radius 3 is 2.23 bits per heavy atom. The van der Waals surface area contributed by atoms with Crippen LogP contribution in [-0.4, -0.2) is 31.0 Å². The third-order valence-corrected chi connectivity index (χ3v) is 4.79. The lowest BCUT2D eigenvalue weighted by molar-refractivity contribution is -0.0680. The molecule has 2 aliphatic carbocycles. The van der Waals surface area contributed by atoms with E-state index in [4.69, 9.17) is 18.9 Å². The SMILES string of the molecule is C1=COC2CCCCC2OC1.CC1=COC2CCCCC2O1. The van der Waals surface area contributed by atoms with Crippen molar-refractivity contribution in [3.8, 4) is 0 Å². The molecule has 4 aliphatic rings. The van der Waals surface area contributed by atoms with Crippen molar-refractivity contribution in [3.05, 3.63) is 24.4 Å². The fourth-order valence-corrected chi connectivity index (χ4v) is 3.59. The van der Waals surface area contributed by atoms with Crippen LogP contribution in [0.5, 0.6) is 0 Å². The van der Waals surface area contributed by atoms with Crippen molar-refractivity contribution < 1.29 is 18.9 Å². The Balaban J connectivity index is 0.000000131. The number of fused-ring (bicyclic) bond motifs is 2. The Kier molecular flexibility index (Phi) is 5.65. The Morgan fingerprint density at radius 2 is 1.45 bits per heavy atom. The quantitative estimate of drug-likeness (QED) is 0.676. The number of hydrogen-bond donors (Lipinski definition) is 0. The topological polar surface area (TPSA) is 36.9 Å². The molecule has 2 heterocycles. The van der Waals surface area contributed by atoms with Crippen LogP contribution in [0.25, 0.3) is 0 Å². The molecule has 4 rings (SSSR count). The molecule has 2 saturated carbocycles. The van der Waals surface area contributed by atoms with Gasteiger partial charge in [0.1, 0.15) is 30.3 Å². The van der Waals surface area contributed by atoms with Crippen LogP contribution >= 0.6 is 0 Å². The predicted molar refractivity (Wildman–Crippen MR) is 84.2 cm³/mol. The van der Waals surface area contributed by atoms with Crippen LogP contribution in [0, 0.1) is 0 Å². The average molecular weight is 308 g/mol. The molecule has 4 nitrogen and oxygen atoms in total. The minimum absolute atomic E-state index is 0.336. The maximum Gasteiger partial charge on any atom is 0.135 e. The first kappa shape index (κ1) is 15.7. The second-order valence-corrected chi connectivity index (χ2v) is 6.55. The lowest BCUT2D eigenvalue weighted by atomic mass is 9.94. The maximum atomic E-state index is 5.63. The Bertz CT molecular complexity index is 402. The second kappa shape index (κ2) is 7.91. The summed E-state index contributed by atoms with van der Waals surface area (Å²) in [6.07, 6.45) is 16.7. The van der Waals surface area contributed by atoms with Crippen molar-refractivity contribution in [1.82, 2.24) is 0 Å². The molecule has 0 aromatic heterocycles. The minimum Gasteiger partial charge on any atom is -0.496 e. The molecular weight excluding hydrogens is 280 g/mol. The summed E-state index contributed by atoms with van der Waals surface area (Å²) < 4.78 is 22.2. The molecular formula is C18H28O4. The normalized spacial score (nSPS) is 36.7. The molecule has 124 valence electrons. The number of hydrogen-bond acceptors (Lipinski definition) is 4. The van der Waals surface area contributed by atoms with Crippen LogP contribution in [-0.2, 0) is 18.9 Å². The lowest BCUT2D eigenvalue weighted by Crippen LogP contribution is -2.35. The molecule has 0 aromatic carbocycles. The monoisotopic (exact) mass is 308 g/mol. The maximum absolute atomic E-state index is 5.63. The second-order valence-electron chi connectivity index (χ2n) is 6.55. The third-order valence-electron chi connectivity index (χ3n) is 4.79. The van der Waals surface area contributed by atoms with Crippen LogP contribution in [0.3, 0.4) is 0 Å². The molecule has 2 fully saturated rings. The fourth-order valence-electron chi connectivity index (χ4n) is 3.59. The molecule has 0 amide bonds. The van der Waals surface area contributed by atoms with E-state index in [0.717, 1.165) is 31.6 Å². The van der Waals surface area contributed by atoms with E-state index < -0.39 is 0 Å². The Hall–Kier alpha value is -1.16. The van der Waals surface area contributed by atoms with Gasteiger partial charge >= 0.3 is 0 Å². The van der Waals surface area contributed by atoms with Crippen LogP contribution < -0.4 is 0 Å². The van der Waals surface area contributed by atoms with Crippen LogP contribution in [0.2, 0.25) is 0 Å². The first-order valence-electron chi connectivity index (χ1n) is 8.74. The van der Waals surface area contributed by atoms with Crippen LogP contribution in [0.1, 0.15) is 58.3 Å². The molecule has 4 atom stereocenters. The van der Waals surface area contributed by atoms with Crippen molar-refractivity contribution in [2.24, 2.45) is 0 Å². The van der Waals surface area contributed by atoms with Gasteiger partial charge in [-0.15, -0.1) is 0 Å². The first-order chi connectivity index (χ1) is 10.8. The van der Waals surface area contributed by atoms with E-state index >= 15 is 0 Å². The molecule has 0 N–H and O–H groups in total. The van der Waals surface area contributed by atoms with Gasteiger partial charge in [0.2, 0.25) is 0 Å². The standard InChI is InChI=1S/2C9H14O2/c1-7-6-10-8-4-2-3-5-9(8)11-7;1-2-5-9-8(4-1)10-6-3-7-11-9/h6,8-9H,2-5H2,1H3;3,6,8-9H,1-2,4-5,7H2. The highest BCUT2D eigenvalue weighted by Crippen LogP contribution is 2.28. The summed E-state index contributed by atoms with van der Waals surface area (Å²) >= 11 is 0. The molecule has 22 heavy (non-hydrogen) atoms. The Morgan fingerprint density at radius 1 is 0.818 bits per heavy atom. The van der Waals surface area contributed by atoms with Crippen molar-refractivity contribution in [2.75, 3.05) is 6.61 Å². The summed E-state index contributed by atoms with van der Waals surface area (Å²) in [5.74, 6) is 0.924. The molecule has 0 bridgehead atoms. The zero-order chi connectivity index (χ0) is 15.2. The Labute approximate surface area is 133 Å². The first-order valence-corrected chi connectivity index (χ1v) is 8.74. The van der Waals surface area contributed by atoms with Gasteiger partial charge in [-0.05, 0) is 57.9 Å². The van der Waals surface area contributed by atoms with Gasteiger partial charge in [0.05, 0.1) is 19.0 Å². The summed E-state index contributed by atoms with van der Waals surface area (Å²) in [5.41, 5.74) is 0. The van der Waals surface area contributed by atoms with Gasteiger partial charge < -0.3 is 18.9 Å². The third kappa shape index (κ3) is 4.19. The highest BCUT2D eigenvalue weighted by Gasteiger charge is 2.30. The molecule has 0 spiro atoms. The van der Waals surface area contributed by atoms with Gasteiger partial charge in [-0.25, -0.2) is 0 Å². The highest BCUT2D eigenvalue weighted by atomic mass is 16.6. The number of ether oxygens (including phenoxy) is 4. The van der Waals surface area contributed by atoms with Crippen molar-refractivity contribution in [3.63, 3.8) is 0 Å². The largest absolute Gasteiger partial charge is 0.496 e. The number of rotatable bonds is 0. The highest BCUT2D eigenvalue weighted by molar-refractivity contribution is 4.92. The van der Waals surface area contributed by atoms with Gasteiger partial charge in [0.15, 0.2) is 0 Å². The summed E-state index contributed by atoms with van der Waals surface area (Å²) in [6, 6.07) is 0. The minimum atomic E-state index is 0.336. The predicted octanol–water partition coefficient (Wildman–Crippen LogP) is 4.06. The van der Waals surface area contributed by atoms with Gasteiger partial charge in [0.25, 0.3) is 0 Å². The van der Waals surface area contributed by atoms with Gasteiger partial charge in [-0.1, -0.05) is 6.42 Å². The van der Waals surface area contributed by atoms with E-state index in [2.05, 4.69) is 0 Å². The molecule has 0 saturated heterocycles. The van der Waals surface area contributed by atoms with Gasteiger partial charge in [0, 0.05) is 0 Å². The fraction of sp³-hybridized carbons (Fsp3) is 0.778. The van der Waals surface area contributed by atoms with E-state index in [1.807, 2.05) is 13.0 Å². The van der Waals surface area contributed by atoms with Crippen LogP contribution in [0.15, 0.2) is 24.4 Å². The van der Waals surface area contributed by atoms with E-state index in [1.54, 1.807) is 12.5 Å². The summed E-state index contributed by atoms with van der Waals surface area (Å²) in [7, 11) is 0. The van der Waals surface area contributed by atoms with Gasteiger partial charge in [-0.3, -0.25) is 0 Å². The zero-order valence-electron chi connectivity index (χ0n) is 13.5. The van der Waals surface area contributed by atoms with Crippen molar-refractivity contribution >= 4 is 0 Å².